The van der Waals surface area contributed by atoms with Crippen LogP contribution in [-0.4, -0.2) is 25.1 Å². The van der Waals surface area contributed by atoms with Gasteiger partial charge in [0.15, 0.2) is 0 Å². The quantitative estimate of drug-likeness (QED) is 0.554. The molecule has 3 nitrogen and oxygen atoms in total. The molecule has 0 radical (unpaired) electrons. The maximum atomic E-state index is 5.94. The summed E-state index contributed by atoms with van der Waals surface area (Å²) in [5.74, 6) is 1.36. The van der Waals surface area contributed by atoms with Gasteiger partial charge in [0.05, 0.1) is 18.0 Å². The number of hydrogen-bond donors (Lipinski definition) is 1. The molecule has 1 aliphatic rings. The first-order valence-corrected chi connectivity index (χ1v) is 5.40. The minimum absolute atomic E-state index is 0.191. The van der Waals surface area contributed by atoms with Crippen molar-refractivity contribution in [2.24, 2.45) is 16.6 Å². The maximum Gasteiger partial charge on any atom is 0.0969 e. The second-order valence-electron chi connectivity index (χ2n) is 4.69. The Kier molecular flexibility index (Phi) is 3.93. The lowest BCUT2D eigenvalue weighted by Crippen LogP contribution is -2.30. The Hall–Kier alpha value is -0.570. The van der Waals surface area contributed by atoms with Crippen molar-refractivity contribution in [2.75, 3.05) is 13.7 Å². The zero-order valence-corrected chi connectivity index (χ0v) is 9.55. The lowest BCUT2D eigenvalue weighted by Gasteiger charge is -2.21. The Morgan fingerprint density at radius 3 is 2.50 bits per heavy atom. The van der Waals surface area contributed by atoms with E-state index in [1.54, 1.807) is 7.11 Å². The van der Waals surface area contributed by atoms with Crippen molar-refractivity contribution < 1.29 is 4.74 Å². The first-order valence-electron chi connectivity index (χ1n) is 5.40. The summed E-state index contributed by atoms with van der Waals surface area (Å²) in [7, 11) is 1.71. The molecule has 82 valence electrons. The van der Waals surface area contributed by atoms with E-state index in [-0.39, 0.29) is 5.60 Å². The lowest BCUT2D eigenvalue weighted by molar-refractivity contribution is 0.0311. The average Bonchev–Trinajstić information content (AvgIpc) is 2.67. The third-order valence-corrected chi connectivity index (χ3v) is 2.97. The molecular weight excluding hydrogens is 176 g/mol. The zero-order valence-electron chi connectivity index (χ0n) is 9.55. The van der Waals surface area contributed by atoms with Crippen LogP contribution in [0.25, 0.3) is 0 Å². The first kappa shape index (κ1) is 11.5. The van der Waals surface area contributed by atoms with Crippen LogP contribution in [-0.2, 0) is 4.74 Å². The van der Waals surface area contributed by atoms with Gasteiger partial charge in [-0.15, -0.1) is 0 Å². The zero-order chi connectivity index (χ0) is 10.6. The molecule has 2 N–H and O–H groups in total. The predicted octanol–water partition coefficient (Wildman–Crippen LogP) is 1.96. The average molecular weight is 198 g/mol. The van der Waals surface area contributed by atoms with E-state index in [4.69, 9.17) is 10.5 Å². The summed E-state index contributed by atoms with van der Waals surface area (Å²) >= 11 is 0. The number of nitrogens with zero attached hydrogens (tertiary/aromatic N) is 1. The van der Waals surface area contributed by atoms with Crippen LogP contribution in [0.3, 0.4) is 0 Å². The first-order chi connectivity index (χ1) is 6.55. The standard InChI is InChI=1S/C11H22N2O/c1-11(2,14-3)8-13-10(12)9-6-4-5-7-9/h9H,4-8H2,1-3H3,(H2,12,13). The van der Waals surface area contributed by atoms with E-state index in [0.717, 1.165) is 5.84 Å². The monoisotopic (exact) mass is 198 g/mol. The molecule has 0 atom stereocenters. The molecule has 14 heavy (non-hydrogen) atoms. The second kappa shape index (κ2) is 4.78. The van der Waals surface area contributed by atoms with Gasteiger partial charge in [-0.3, -0.25) is 4.99 Å². The molecule has 0 aromatic rings. The molecular formula is C11H22N2O. The van der Waals surface area contributed by atoms with Crippen molar-refractivity contribution in [1.82, 2.24) is 0 Å². The van der Waals surface area contributed by atoms with Gasteiger partial charge in [0.25, 0.3) is 0 Å². The number of ether oxygens (including phenoxy) is 1. The third kappa shape index (κ3) is 3.29. The van der Waals surface area contributed by atoms with E-state index < -0.39 is 0 Å². The van der Waals surface area contributed by atoms with Crippen LogP contribution < -0.4 is 5.73 Å². The number of aliphatic imine (C=N–C) groups is 1. The van der Waals surface area contributed by atoms with Gasteiger partial charge in [-0.05, 0) is 26.7 Å². The topological polar surface area (TPSA) is 47.6 Å². The van der Waals surface area contributed by atoms with Crippen molar-refractivity contribution in [3.05, 3.63) is 0 Å². The molecule has 0 aromatic heterocycles. The number of rotatable bonds is 4. The van der Waals surface area contributed by atoms with Gasteiger partial charge in [0, 0.05) is 13.0 Å². The number of hydrogen-bond acceptors (Lipinski definition) is 2. The van der Waals surface area contributed by atoms with E-state index in [1.165, 1.54) is 25.7 Å². The molecule has 0 heterocycles. The van der Waals surface area contributed by atoms with E-state index in [1.807, 2.05) is 13.8 Å². The predicted molar refractivity (Wildman–Crippen MR) is 59.5 cm³/mol. The van der Waals surface area contributed by atoms with Gasteiger partial charge < -0.3 is 10.5 Å². The Bertz CT molecular complexity index is 205. The van der Waals surface area contributed by atoms with Crippen LogP contribution >= 0.6 is 0 Å². The fourth-order valence-electron chi connectivity index (χ4n) is 1.70. The molecule has 0 saturated heterocycles. The molecule has 1 rings (SSSR count). The molecule has 1 fully saturated rings. The Balaban J connectivity index is 2.43. The normalized spacial score (nSPS) is 20.4. The molecule has 3 heteroatoms. The van der Waals surface area contributed by atoms with Crippen molar-refractivity contribution in [1.29, 1.82) is 0 Å². The molecule has 0 aromatic carbocycles. The van der Waals surface area contributed by atoms with E-state index in [9.17, 15) is 0 Å². The Morgan fingerprint density at radius 2 is 2.00 bits per heavy atom. The highest BCUT2D eigenvalue weighted by atomic mass is 16.5. The maximum absolute atomic E-state index is 5.94. The van der Waals surface area contributed by atoms with Crippen LogP contribution in [0.15, 0.2) is 4.99 Å². The van der Waals surface area contributed by atoms with E-state index in [2.05, 4.69) is 4.99 Å². The van der Waals surface area contributed by atoms with Crippen LogP contribution in [0.4, 0.5) is 0 Å². The fraction of sp³-hybridized carbons (Fsp3) is 0.909. The Labute approximate surface area is 86.7 Å². The molecule has 1 saturated carbocycles. The van der Waals surface area contributed by atoms with Gasteiger partial charge in [-0.2, -0.15) is 0 Å². The third-order valence-electron chi connectivity index (χ3n) is 2.97. The van der Waals surface area contributed by atoms with Gasteiger partial charge >= 0.3 is 0 Å². The highest BCUT2D eigenvalue weighted by Crippen LogP contribution is 2.24. The summed E-state index contributed by atoms with van der Waals surface area (Å²) in [6.45, 7) is 4.71. The van der Waals surface area contributed by atoms with Gasteiger partial charge in [0.1, 0.15) is 0 Å². The van der Waals surface area contributed by atoms with Crippen LogP contribution in [0.1, 0.15) is 39.5 Å². The number of nitrogens with two attached hydrogens (primary N) is 1. The summed E-state index contributed by atoms with van der Waals surface area (Å²) in [5.41, 5.74) is 5.74. The minimum atomic E-state index is -0.191. The van der Waals surface area contributed by atoms with Crippen LogP contribution in [0.2, 0.25) is 0 Å². The van der Waals surface area contributed by atoms with Crippen molar-refractivity contribution in [3.63, 3.8) is 0 Å². The second-order valence-corrected chi connectivity index (χ2v) is 4.69. The SMILES string of the molecule is COC(C)(C)CN=C(N)C1CCCC1. The number of methoxy groups -OCH3 is 1. The molecule has 0 unspecified atom stereocenters. The summed E-state index contributed by atoms with van der Waals surface area (Å²) in [4.78, 5) is 4.42. The Morgan fingerprint density at radius 1 is 1.43 bits per heavy atom. The van der Waals surface area contributed by atoms with Crippen molar-refractivity contribution in [2.45, 2.75) is 45.1 Å². The number of amidine groups is 1. The summed E-state index contributed by atoms with van der Waals surface area (Å²) in [6, 6.07) is 0. The fourth-order valence-corrected chi connectivity index (χ4v) is 1.70. The molecule has 0 aliphatic heterocycles. The minimum Gasteiger partial charge on any atom is -0.387 e. The summed E-state index contributed by atoms with van der Waals surface area (Å²) < 4.78 is 5.29. The van der Waals surface area contributed by atoms with Gasteiger partial charge in [-0.25, -0.2) is 0 Å². The smallest absolute Gasteiger partial charge is 0.0969 e. The van der Waals surface area contributed by atoms with Crippen molar-refractivity contribution >= 4 is 5.84 Å². The molecule has 0 bridgehead atoms. The largest absolute Gasteiger partial charge is 0.387 e. The lowest BCUT2D eigenvalue weighted by atomic mass is 10.1. The van der Waals surface area contributed by atoms with E-state index in [0.29, 0.717) is 12.5 Å². The molecule has 0 amide bonds. The summed E-state index contributed by atoms with van der Waals surface area (Å²) in [5, 5.41) is 0. The highest BCUT2D eigenvalue weighted by Gasteiger charge is 2.20. The van der Waals surface area contributed by atoms with Crippen LogP contribution in [0, 0.1) is 5.92 Å². The summed E-state index contributed by atoms with van der Waals surface area (Å²) in [6.07, 6.45) is 5.02. The van der Waals surface area contributed by atoms with Crippen LogP contribution in [0.5, 0.6) is 0 Å². The highest BCUT2D eigenvalue weighted by molar-refractivity contribution is 5.83. The molecule has 0 spiro atoms. The van der Waals surface area contributed by atoms with Crippen molar-refractivity contribution in [3.8, 4) is 0 Å². The van der Waals surface area contributed by atoms with Gasteiger partial charge in [0.2, 0.25) is 0 Å². The van der Waals surface area contributed by atoms with E-state index >= 15 is 0 Å². The molecule has 1 aliphatic carbocycles. The van der Waals surface area contributed by atoms with Gasteiger partial charge in [-0.1, -0.05) is 12.8 Å².